The number of hydrogen-bond donors (Lipinski definition) is 2. The second-order valence-corrected chi connectivity index (χ2v) is 5.72. The maximum absolute atomic E-state index is 12.5. The topological polar surface area (TPSA) is 101 Å². The number of nitrogens with one attached hydrogen (secondary N) is 2. The van der Waals surface area contributed by atoms with Crippen molar-refractivity contribution < 1.29 is 19.1 Å². The second kappa shape index (κ2) is 7.64. The van der Waals surface area contributed by atoms with E-state index in [0.29, 0.717) is 18.0 Å². The van der Waals surface area contributed by atoms with Gasteiger partial charge in [-0.3, -0.25) is 14.6 Å². The van der Waals surface area contributed by atoms with Crippen LogP contribution in [0, 0.1) is 0 Å². The lowest BCUT2D eigenvalue weighted by molar-refractivity contribution is -0.125. The van der Waals surface area contributed by atoms with Gasteiger partial charge in [0.2, 0.25) is 5.91 Å². The summed E-state index contributed by atoms with van der Waals surface area (Å²) in [6.07, 6.45) is 3.16. The van der Waals surface area contributed by atoms with E-state index < -0.39 is 18.0 Å². The van der Waals surface area contributed by atoms with Crippen molar-refractivity contribution in [3.05, 3.63) is 54.4 Å². The van der Waals surface area contributed by atoms with Crippen LogP contribution in [0.15, 0.2) is 48.8 Å². The molecule has 1 fully saturated rings. The first-order valence-electron chi connectivity index (χ1n) is 8.02. The van der Waals surface area contributed by atoms with Crippen LogP contribution in [0.5, 0.6) is 5.75 Å². The minimum atomic E-state index is -0.890. The summed E-state index contributed by atoms with van der Waals surface area (Å²) in [6.45, 7) is 0.309. The summed E-state index contributed by atoms with van der Waals surface area (Å²) in [5, 5.41) is 5.26. The van der Waals surface area contributed by atoms with Crippen molar-refractivity contribution >= 4 is 23.5 Å². The van der Waals surface area contributed by atoms with Crippen LogP contribution >= 0.6 is 0 Å². The zero-order valence-corrected chi connectivity index (χ0v) is 14.1. The molecule has 1 aromatic heterocycles. The Bertz CT molecular complexity index is 808. The molecule has 8 heteroatoms. The lowest BCUT2D eigenvalue weighted by Gasteiger charge is -2.13. The largest absolute Gasteiger partial charge is 0.497 e. The molecule has 1 aliphatic rings. The Morgan fingerprint density at radius 1 is 1.27 bits per heavy atom. The lowest BCUT2D eigenvalue weighted by Crippen LogP contribution is -2.36. The molecule has 0 radical (unpaired) electrons. The zero-order chi connectivity index (χ0) is 18.5. The number of aromatic nitrogens is 1. The van der Waals surface area contributed by atoms with E-state index in [0.717, 1.165) is 10.5 Å². The van der Waals surface area contributed by atoms with Gasteiger partial charge in [-0.05, 0) is 35.9 Å². The van der Waals surface area contributed by atoms with Crippen LogP contribution in [-0.4, -0.2) is 36.0 Å². The summed E-state index contributed by atoms with van der Waals surface area (Å²) < 4.78 is 5.06. The van der Waals surface area contributed by atoms with Crippen LogP contribution in [0.4, 0.5) is 10.5 Å². The molecule has 0 aliphatic carbocycles. The predicted octanol–water partition coefficient (Wildman–Crippen LogP) is 1.22. The van der Waals surface area contributed by atoms with Crippen molar-refractivity contribution in [3.63, 3.8) is 0 Å². The molecular formula is C18H18N4O4. The molecule has 1 saturated heterocycles. The number of methoxy groups -OCH3 is 1. The minimum absolute atomic E-state index is 0.127. The van der Waals surface area contributed by atoms with E-state index in [-0.39, 0.29) is 12.3 Å². The van der Waals surface area contributed by atoms with Gasteiger partial charge in [-0.15, -0.1) is 0 Å². The van der Waals surface area contributed by atoms with E-state index in [1.165, 1.54) is 7.11 Å². The molecule has 0 bridgehead atoms. The molecule has 1 atom stereocenters. The van der Waals surface area contributed by atoms with E-state index in [4.69, 9.17) is 4.74 Å². The number of rotatable bonds is 6. The lowest BCUT2D eigenvalue weighted by atomic mass is 10.2. The Morgan fingerprint density at radius 2 is 2.04 bits per heavy atom. The average molecular weight is 354 g/mol. The summed E-state index contributed by atoms with van der Waals surface area (Å²) in [6, 6.07) is 8.70. The number of amides is 4. The molecule has 2 aromatic rings. The van der Waals surface area contributed by atoms with Gasteiger partial charge in [-0.1, -0.05) is 6.07 Å². The van der Waals surface area contributed by atoms with Crippen LogP contribution in [0.1, 0.15) is 12.0 Å². The van der Waals surface area contributed by atoms with E-state index in [9.17, 15) is 14.4 Å². The maximum atomic E-state index is 12.5. The van der Waals surface area contributed by atoms with E-state index in [1.54, 1.807) is 42.7 Å². The van der Waals surface area contributed by atoms with E-state index in [1.807, 2.05) is 6.07 Å². The van der Waals surface area contributed by atoms with Gasteiger partial charge in [-0.25, -0.2) is 9.69 Å². The summed E-state index contributed by atoms with van der Waals surface area (Å²) in [5.41, 5.74) is 1.27. The number of imide groups is 1. The number of carbonyl (C=O) groups is 3. The monoisotopic (exact) mass is 354 g/mol. The molecule has 1 aliphatic heterocycles. The van der Waals surface area contributed by atoms with Crippen LogP contribution in [0.2, 0.25) is 0 Å². The van der Waals surface area contributed by atoms with Crippen molar-refractivity contribution in [3.8, 4) is 5.75 Å². The fourth-order valence-electron chi connectivity index (χ4n) is 2.61. The standard InChI is InChI=1S/C18H18N4O4/c1-26-14-6-4-13(5-7-14)22-17(24)15(21-18(22)25)9-16(23)20-11-12-3-2-8-19-10-12/h2-8,10,15H,9,11H2,1H3,(H,20,23)(H,21,25)/t15-/m0/s1. The molecule has 1 aromatic carbocycles. The van der Waals surface area contributed by atoms with Crippen LogP contribution in [0.25, 0.3) is 0 Å². The molecule has 8 nitrogen and oxygen atoms in total. The summed E-state index contributed by atoms with van der Waals surface area (Å²) >= 11 is 0. The van der Waals surface area contributed by atoms with Gasteiger partial charge in [0.05, 0.1) is 19.2 Å². The highest BCUT2D eigenvalue weighted by molar-refractivity contribution is 6.22. The Kier molecular flexibility index (Phi) is 5.12. The highest BCUT2D eigenvalue weighted by Gasteiger charge is 2.39. The molecule has 26 heavy (non-hydrogen) atoms. The highest BCUT2D eigenvalue weighted by Crippen LogP contribution is 2.23. The SMILES string of the molecule is COc1ccc(N2C(=O)N[C@@H](CC(=O)NCc3cccnc3)C2=O)cc1. The van der Waals surface area contributed by atoms with Gasteiger partial charge < -0.3 is 15.4 Å². The minimum Gasteiger partial charge on any atom is -0.497 e. The number of nitrogens with zero attached hydrogens (tertiary/aromatic N) is 2. The molecule has 3 rings (SSSR count). The van der Waals surface area contributed by atoms with Crippen LogP contribution in [-0.2, 0) is 16.1 Å². The van der Waals surface area contributed by atoms with E-state index in [2.05, 4.69) is 15.6 Å². The number of benzene rings is 1. The molecule has 0 spiro atoms. The predicted molar refractivity (Wildman–Crippen MR) is 93.5 cm³/mol. The maximum Gasteiger partial charge on any atom is 0.329 e. The fourth-order valence-corrected chi connectivity index (χ4v) is 2.61. The second-order valence-electron chi connectivity index (χ2n) is 5.72. The third-order valence-electron chi connectivity index (χ3n) is 3.95. The first kappa shape index (κ1) is 17.4. The van der Waals surface area contributed by atoms with Gasteiger partial charge >= 0.3 is 6.03 Å². The third kappa shape index (κ3) is 3.80. The molecule has 134 valence electrons. The third-order valence-corrected chi connectivity index (χ3v) is 3.95. The summed E-state index contributed by atoms with van der Waals surface area (Å²) in [7, 11) is 1.53. The van der Waals surface area contributed by atoms with Gasteiger partial charge in [0.25, 0.3) is 5.91 Å². The summed E-state index contributed by atoms with van der Waals surface area (Å²) in [4.78, 5) is 41.7. The zero-order valence-electron chi connectivity index (χ0n) is 14.1. The van der Waals surface area contributed by atoms with E-state index >= 15 is 0 Å². The number of anilines is 1. The first-order chi connectivity index (χ1) is 12.6. The Hall–Kier alpha value is -3.42. The molecular weight excluding hydrogens is 336 g/mol. The molecule has 2 N–H and O–H groups in total. The molecule has 0 unspecified atom stereocenters. The Labute approximate surface area is 150 Å². The normalized spacial score (nSPS) is 16.3. The Morgan fingerprint density at radius 3 is 2.69 bits per heavy atom. The van der Waals surface area contributed by atoms with Crippen molar-refractivity contribution in [1.29, 1.82) is 0 Å². The number of ether oxygens (including phenoxy) is 1. The Balaban J connectivity index is 1.60. The fraction of sp³-hybridized carbons (Fsp3) is 0.222. The summed E-state index contributed by atoms with van der Waals surface area (Å²) in [5.74, 6) is -0.173. The van der Waals surface area contributed by atoms with Gasteiger partial charge in [0.15, 0.2) is 0 Å². The van der Waals surface area contributed by atoms with Crippen molar-refractivity contribution in [2.75, 3.05) is 12.0 Å². The number of pyridine rings is 1. The highest BCUT2D eigenvalue weighted by atomic mass is 16.5. The molecule has 4 amide bonds. The van der Waals surface area contributed by atoms with Crippen LogP contribution in [0.3, 0.4) is 0 Å². The van der Waals surface area contributed by atoms with Crippen molar-refractivity contribution in [1.82, 2.24) is 15.6 Å². The number of hydrogen-bond acceptors (Lipinski definition) is 5. The quantitative estimate of drug-likeness (QED) is 0.760. The number of urea groups is 1. The average Bonchev–Trinajstić information content (AvgIpc) is 2.94. The molecule has 0 saturated carbocycles. The van der Waals surface area contributed by atoms with Gasteiger partial charge in [-0.2, -0.15) is 0 Å². The van der Waals surface area contributed by atoms with Gasteiger partial charge in [0.1, 0.15) is 11.8 Å². The number of carbonyl (C=O) groups excluding carboxylic acids is 3. The van der Waals surface area contributed by atoms with Crippen LogP contribution < -0.4 is 20.3 Å². The first-order valence-corrected chi connectivity index (χ1v) is 8.02. The smallest absolute Gasteiger partial charge is 0.329 e. The van der Waals surface area contributed by atoms with Gasteiger partial charge in [0, 0.05) is 18.9 Å². The molecule has 2 heterocycles. The van der Waals surface area contributed by atoms with Crippen molar-refractivity contribution in [2.45, 2.75) is 19.0 Å². The van der Waals surface area contributed by atoms with Crippen molar-refractivity contribution in [2.24, 2.45) is 0 Å².